The first-order valence-corrected chi connectivity index (χ1v) is 8.49. The summed E-state index contributed by atoms with van der Waals surface area (Å²) in [7, 11) is 0. The molecule has 126 valence electrons. The third-order valence-corrected chi connectivity index (χ3v) is 5.84. The Labute approximate surface area is 140 Å². The average Bonchev–Trinajstić information content (AvgIpc) is 3.12. The van der Waals surface area contributed by atoms with Crippen LogP contribution in [0.4, 0.5) is 5.69 Å². The van der Waals surface area contributed by atoms with E-state index >= 15 is 0 Å². The largest absolute Gasteiger partial charge is 0.324 e. The fourth-order valence-corrected chi connectivity index (χ4v) is 4.56. The topological polar surface area (TPSA) is 78.5 Å². The predicted molar refractivity (Wildman–Crippen MR) is 87.9 cm³/mol. The molecule has 0 radical (unpaired) electrons. The predicted octanol–water partition coefficient (Wildman–Crippen LogP) is 1.23. The highest BCUT2D eigenvalue weighted by atomic mass is 16.2. The van der Waals surface area contributed by atoms with Crippen molar-refractivity contribution in [1.29, 1.82) is 0 Å². The molecule has 1 aromatic carbocycles. The highest BCUT2D eigenvalue weighted by Gasteiger charge is 2.69. The zero-order chi connectivity index (χ0) is 17.2. The Balaban J connectivity index is 1.88. The van der Waals surface area contributed by atoms with Crippen molar-refractivity contribution in [2.75, 3.05) is 5.32 Å². The molecule has 0 aliphatic carbocycles. The number of para-hydroxylation sites is 1. The first-order chi connectivity index (χ1) is 11.4. The molecular formula is C18H21N3O3. The lowest BCUT2D eigenvalue weighted by molar-refractivity contribution is -0.145. The third-order valence-electron chi connectivity index (χ3n) is 5.84. The Morgan fingerprint density at radius 1 is 1.21 bits per heavy atom. The van der Waals surface area contributed by atoms with Crippen molar-refractivity contribution in [3.8, 4) is 0 Å². The first-order valence-electron chi connectivity index (χ1n) is 8.49. The molecule has 24 heavy (non-hydrogen) atoms. The van der Waals surface area contributed by atoms with E-state index in [-0.39, 0.29) is 29.8 Å². The van der Waals surface area contributed by atoms with Gasteiger partial charge in [0.25, 0.3) is 0 Å². The van der Waals surface area contributed by atoms with Gasteiger partial charge in [0.15, 0.2) is 0 Å². The zero-order valence-electron chi connectivity index (χ0n) is 14.0. The number of carbonyl (C=O) groups excluding carboxylic acids is 3. The second-order valence-electron chi connectivity index (χ2n) is 7.05. The average molecular weight is 327 g/mol. The summed E-state index contributed by atoms with van der Waals surface area (Å²) < 4.78 is 0. The number of hydrogen-bond acceptors (Lipinski definition) is 4. The summed E-state index contributed by atoms with van der Waals surface area (Å²) in [4.78, 5) is 40.3. The lowest BCUT2D eigenvalue weighted by atomic mass is 9.76. The second-order valence-corrected chi connectivity index (χ2v) is 7.05. The maximum absolute atomic E-state index is 13.1. The zero-order valence-corrected chi connectivity index (χ0v) is 14.0. The van der Waals surface area contributed by atoms with Crippen LogP contribution in [0.15, 0.2) is 24.3 Å². The van der Waals surface area contributed by atoms with Gasteiger partial charge in [-0.25, -0.2) is 0 Å². The van der Waals surface area contributed by atoms with Crippen molar-refractivity contribution in [3.63, 3.8) is 0 Å². The van der Waals surface area contributed by atoms with Crippen LogP contribution in [0.1, 0.15) is 32.8 Å². The van der Waals surface area contributed by atoms with Gasteiger partial charge in [0.05, 0.1) is 11.8 Å². The van der Waals surface area contributed by atoms with Gasteiger partial charge in [0, 0.05) is 23.3 Å². The SMILES string of the molecule is CC[C@@H](C)N1C(=O)[C@@H]2[C@H](C)N[C@@]3(C(=O)Nc4ccccc43)[C@@H]2C1=O. The van der Waals surface area contributed by atoms with Crippen molar-refractivity contribution in [1.82, 2.24) is 10.2 Å². The van der Waals surface area contributed by atoms with Gasteiger partial charge in [0.2, 0.25) is 17.7 Å². The number of anilines is 1. The number of likely N-dealkylation sites (tertiary alicyclic amines) is 1. The van der Waals surface area contributed by atoms with Crippen molar-refractivity contribution >= 4 is 23.4 Å². The van der Waals surface area contributed by atoms with Crippen molar-refractivity contribution in [2.24, 2.45) is 11.8 Å². The molecule has 1 aromatic rings. The molecule has 4 rings (SSSR count). The Morgan fingerprint density at radius 2 is 1.92 bits per heavy atom. The summed E-state index contributed by atoms with van der Waals surface area (Å²) in [5, 5.41) is 6.17. The molecule has 6 nitrogen and oxygen atoms in total. The van der Waals surface area contributed by atoms with Crippen LogP contribution in [0, 0.1) is 11.8 Å². The van der Waals surface area contributed by atoms with E-state index in [1.807, 2.05) is 45.0 Å². The number of hydrogen-bond donors (Lipinski definition) is 2. The van der Waals surface area contributed by atoms with Gasteiger partial charge in [-0.05, 0) is 26.3 Å². The third kappa shape index (κ3) is 1.61. The van der Waals surface area contributed by atoms with Crippen LogP contribution >= 0.6 is 0 Å². The number of rotatable bonds is 2. The minimum absolute atomic E-state index is 0.153. The molecule has 5 atom stereocenters. The summed E-state index contributed by atoms with van der Waals surface area (Å²) in [6, 6.07) is 7.00. The van der Waals surface area contributed by atoms with E-state index in [1.54, 1.807) is 0 Å². The van der Waals surface area contributed by atoms with Crippen LogP contribution in [0.25, 0.3) is 0 Å². The summed E-state index contributed by atoms with van der Waals surface area (Å²) in [6.07, 6.45) is 0.703. The van der Waals surface area contributed by atoms with E-state index in [2.05, 4.69) is 10.6 Å². The molecule has 2 N–H and O–H groups in total. The van der Waals surface area contributed by atoms with E-state index in [0.717, 1.165) is 5.56 Å². The number of nitrogens with one attached hydrogen (secondary N) is 2. The lowest BCUT2D eigenvalue weighted by Gasteiger charge is -2.30. The van der Waals surface area contributed by atoms with Crippen molar-refractivity contribution < 1.29 is 14.4 Å². The number of imide groups is 1. The summed E-state index contributed by atoms with van der Waals surface area (Å²) in [5.74, 6) is -1.81. The smallest absolute Gasteiger partial charge is 0.250 e. The monoisotopic (exact) mass is 327 g/mol. The Bertz CT molecular complexity index is 762. The van der Waals surface area contributed by atoms with Gasteiger partial charge in [0.1, 0.15) is 5.54 Å². The van der Waals surface area contributed by atoms with Crippen LogP contribution in [-0.2, 0) is 19.9 Å². The number of nitrogens with zero attached hydrogens (tertiary/aromatic N) is 1. The maximum Gasteiger partial charge on any atom is 0.250 e. The molecule has 3 aliphatic rings. The Kier molecular flexibility index (Phi) is 3.12. The normalized spacial score (nSPS) is 35.4. The van der Waals surface area contributed by atoms with Gasteiger partial charge in [-0.2, -0.15) is 0 Å². The van der Waals surface area contributed by atoms with Crippen LogP contribution in [-0.4, -0.2) is 34.7 Å². The summed E-state index contributed by atoms with van der Waals surface area (Å²) in [6.45, 7) is 5.71. The molecule has 0 unspecified atom stereocenters. The molecule has 0 aromatic heterocycles. The Hall–Kier alpha value is -2.21. The van der Waals surface area contributed by atoms with Crippen LogP contribution in [0.5, 0.6) is 0 Å². The molecule has 6 heteroatoms. The number of fused-ring (bicyclic) bond motifs is 4. The van der Waals surface area contributed by atoms with E-state index < -0.39 is 17.4 Å². The lowest BCUT2D eigenvalue weighted by Crippen LogP contribution is -2.53. The number of carbonyl (C=O) groups is 3. The molecule has 3 aliphatic heterocycles. The summed E-state index contributed by atoms with van der Waals surface area (Å²) in [5.41, 5.74) is 0.335. The van der Waals surface area contributed by atoms with Crippen LogP contribution in [0.2, 0.25) is 0 Å². The van der Waals surface area contributed by atoms with Crippen LogP contribution in [0.3, 0.4) is 0 Å². The van der Waals surface area contributed by atoms with E-state index in [9.17, 15) is 14.4 Å². The molecule has 2 saturated heterocycles. The molecular weight excluding hydrogens is 306 g/mol. The highest BCUT2D eigenvalue weighted by molar-refractivity contribution is 6.15. The quantitative estimate of drug-likeness (QED) is 0.801. The van der Waals surface area contributed by atoms with Gasteiger partial charge >= 0.3 is 0 Å². The standard InChI is InChI=1S/C18H21N3O3/c1-4-9(2)21-15(22)13-10(3)20-18(14(13)16(21)23)11-7-5-6-8-12(11)19-17(18)24/h5-10,13-14,20H,4H2,1-3H3,(H,19,24)/t9-,10+,13-,14+,18-/m1/s1. The molecule has 0 saturated carbocycles. The Morgan fingerprint density at radius 3 is 2.62 bits per heavy atom. The number of amides is 3. The molecule has 1 spiro atoms. The molecule has 2 fully saturated rings. The molecule has 3 heterocycles. The van der Waals surface area contributed by atoms with Crippen molar-refractivity contribution in [3.05, 3.63) is 29.8 Å². The second kappa shape index (κ2) is 4.89. The van der Waals surface area contributed by atoms with Gasteiger partial charge in [-0.3, -0.25) is 24.6 Å². The van der Waals surface area contributed by atoms with E-state index in [4.69, 9.17) is 0 Å². The molecule has 3 amide bonds. The summed E-state index contributed by atoms with van der Waals surface area (Å²) >= 11 is 0. The first kappa shape index (κ1) is 15.3. The van der Waals surface area contributed by atoms with Gasteiger partial charge < -0.3 is 5.32 Å². The minimum atomic E-state index is -1.14. The van der Waals surface area contributed by atoms with Crippen LogP contribution < -0.4 is 10.6 Å². The molecule has 0 bridgehead atoms. The van der Waals surface area contributed by atoms with Gasteiger partial charge in [-0.1, -0.05) is 25.1 Å². The van der Waals surface area contributed by atoms with E-state index in [0.29, 0.717) is 12.1 Å². The minimum Gasteiger partial charge on any atom is -0.324 e. The van der Waals surface area contributed by atoms with Crippen molar-refractivity contribution in [2.45, 2.75) is 44.8 Å². The van der Waals surface area contributed by atoms with Gasteiger partial charge in [-0.15, -0.1) is 0 Å². The fraction of sp³-hybridized carbons (Fsp3) is 0.500. The fourth-order valence-electron chi connectivity index (χ4n) is 4.56. The number of benzene rings is 1. The van der Waals surface area contributed by atoms with E-state index in [1.165, 1.54) is 4.90 Å². The maximum atomic E-state index is 13.1. The highest BCUT2D eigenvalue weighted by Crippen LogP contribution is 2.52.